The van der Waals surface area contributed by atoms with Crippen molar-refractivity contribution in [3.63, 3.8) is 0 Å². The minimum absolute atomic E-state index is 0.0190. The van der Waals surface area contributed by atoms with Crippen molar-refractivity contribution in [2.45, 2.75) is 38.8 Å². The van der Waals surface area contributed by atoms with Gasteiger partial charge in [-0.05, 0) is 61.1 Å². The summed E-state index contributed by atoms with van der Waals surface area (Å²) in [5, 5.41) is 7.53. The lowest BCUT2D eigenvalue weighted by atomic mass is 9.97. The minimum atomic E-state index is -0.137. The van der Waals surface area contributed by atoms with Crippen LogP contribution < -0.4 is 15.6 Å². The van der Waals surface area contributed by atoms with E-state index in [1.165, 1.54) is 0 Å². The Morgan fingerprint density at radius 2 is 1.73 bits per heavy atom. The summed E-state index contributed by atoms with van der Waals surface area (Å²) in [6.07, 6.45) is 7.73. The Hall–Kier alpha value is -3.87. The van der Waals surface area contributed by atoms with E-state index in [9.17, 15) is 9.59 Å². The van der Waals surface area contributed by atoms with Crippen LogP contribution >= 0.6 is 0 Å². The predicted molar refractivity (Wildman–Crippen MR) is 126 cm³/mol. The van der Waals surface area contributed by atoms with Crippen molar-refractivity contribution in [1.82, 2.24) is 19.5 Å². The first-order valence-corrected chi connectivity index (χ1v) is 11.2. The van der Waals surface area contributed by atoms with Gasteiger partial charge in [0.25, 0.3) is 11.5 Å². The maximum atomic E-state index is 13.1. The van der Waals surface area contributed by atoms with Crippen molar-refractivity contribution >= 4 is 11.4 Å². The van der Waals surface area contributed by atoms with E-state index in [1.54, 1.807) is 34.5 Å². The van der Waals surface area contributed by atoms with Crippen LogP contribution in [0.2, 0.25) is 0 Å². The Kier molecular flexibility index (Phi) is 5.69. The van der Waals surface area contributed by atoms with E-state index in [4.69, 9.17) is 4.74 Å². The molecule has 4 aromatic rings. The Balaban J connectivity index is 1.27. The van der Waals surface area contributed by atoms with Gasteiger partial charge in [-0.3, -0.25) is 9.59 Å². The van der Waals surface area contributed by atoms with Gasteiger partial charge < -0.3 is 14.6 Å². The van der Waals surface area contributed by atoms with Crippen LogP contribution in [0.1, 0.15) is 45.6 Å². The highest BCUT2D eigenvalue weighted by atomic mass is 16.5. The zero-order valence-electron chi connectivity index (χ0n) is 18.6. The highest BCUT2D eigenvalue weighted by Crippen LogP contribution is 2.22. The van der Waals surface area contributed by atoms with E-state index < -0.39 is 0 Å². The number of aromatic nitrogens is 3. The van der Waals surface area contributed by atoms with Gasteiger partial charge in [-0.15, -0.1) is 0 Å². The molecule has 1 aliphatic carbocycles. The van der Waals surface area contributed by atoms with Crippen molar-refractivity contribution in [3.05, 3.63) is 99.2 Å². The summed E-state index contributed by atoms with van der Waals surface area (Å²) < 4.78 is 8.59. The quantitative estimate of drug-likeness (QED) is 0.497. The summed E-state index contributed by atoms with van der Waals surface area (Å²) in [7, 11) is 1.63. The molecule has 168 valence electrons. The average molecular weight is 443 g/mol. The van der Waals surface area contributed by atoms with Crippen LogP contribution in [-0.4, -0.2) is 27.2 Å². The van der Waals surface area contributed by atoms with Crippen molar-refractivity contribution in [2.75, 3.05) is 7.11 Å². The maximum Gasteiger partial charge on any atom is 0.277 e. The fourth-order valence-electron chi connectivity index (χ4n) is 4.37. The SMILES string of the molecule is COc1ccc(CNC(=O)c2ccc(Cn3ccn4nc5c(c4c3=O)CCCC5)cc2)cc1. The number of benzene rings is 2. The van der Waals surface area contributed by atoms with Gasteiger partial charge in [-0.1, -0.05) is 24.3 Å². The molecule has 0 bridgehead atoms. The molecule has 0 fully saturated rings. The maximum absolute atomic E-state index is 13.1. The first-order valence-electron chi connectivity index (χ1n) is 11.2. The Morgan fingerprint density at radius 1 is 1.00 bits per heavy atom. The third kappa shape index (κ3) is 4.26. The molecule has 0 radical (unpaired) electrons. The van der Waals surface area contributed by atoms with Crippen molar-refractivity contribution < 1.29 is 9.53 Å². The number of nitrogens with one attached hydrogen (secondary N) is 1. The summed E-state index contributed by atoms with van der Waals surface area (Å²) in [4.78, 5) is 25.6. The topological polar surface area (TPSA) is 77.6 Å². The van der Waals surface area contributed by atoms with Crippen LogP contribution in [0.5, 0.6) is 5.75 Å². The Morgan fingerprint density at radius 3 is 2.48 bits per heavy atom. The van der Waals surface area contributed by atoms with Crippen LogP contribution in [0, 0.1) is 0 Å². The molecule has 5 rings (SSSR count). The van der Waals surface area contributed by atoms with Gasteiger partial charge in [-0.2, -0.15) is 5.10 Å². The van der Waals surface area contributed by atoms with Crippen molar-refractivity contribution in [3.8, 4) is 5.75 Å². The molecule has 0 spiro atoms. The number of ether oxygens (including phenoxy) is 1. The summed E-state index contributed by atoms with van der Waals surface area (Å²) in [6, 6.07) is 15.0. The molecule has 7 heteroatoms. The zero-order valence-corrected chi connectivity index (χ0v) is 18.6. The third-order valence-electron chi connectivity index (χ3n) is 6.21. The van der Waals surface area contributed by atoms with E-state index in [-0.39, 0.29) is 11.5 Å². The van der Waals surface area contributed by atoms with Gasteiger partial charge in [-0.25, -0.2) is 4.52 Å². The fraction of sp³-hybridized carbons (Fsp3) is 0.269. The van der Waals surface area contributed by atoms with Gasteiger partial charge in [0.05, 0.1) is 19.3 Å². The van der Waals surface area contributed by atoms with E-state index in [0.29, 0.717) is 24.2 Å². The van der Waals surface area contributed by atoms with E-state index in [1.807, 2.05) is 42.6 Å². The number of aryl methyl sites for hydroxylation is 2. The van der Waals surface area contributed by atoms with E-state index in [0.717, 1.165) is 53.8 Å². The van der Waals surface area contributed by atoms with E-state index >= 15 is 0 Å². The summed E-state index contributed by atoms with van der Waals surface area (Å²) in [6.45, 7) is 0.888. The van der Waals surface area contributed by atoms with Crippen molar-refractivity contribution in [1.29, 1.82) is 0 Å². The van der Waals surface area contributed by atoms with Crippen LogP contribution in [0.25, 0.3) is 5.52 Å². The molecule has 0 saturated carbocycles. The number of hydrogen-bond donors (Lipinski definition) is 1. The lowest BCUT2D eigenvalue weighted by molar-refractivity contribution is 0.0951. The van der Waals surface area contributed by atoms with Gasteiger partial charge in [0.2, 0.25) is 0 Å². The smallest absolute Gasteiger partial charge is 0.277 e. The lowest BCUT2D eigenvalue weighted by Crippen LogP contribution is -2.23. The molecule has 1 N–H and O–H groups in total. The van der Waals surface area contributed by atoms with Crippen LogP contribution in [0.15, 0.2) is 65.7 Å². The van der Waals surface area contributed by atoms with Crippen LogP contribution in [0.4, 0.5) is 0 Å². The minimum Gasteiger partial charge on any atom is -0.497 e. The first kappa shape index (κ1) is 21.0. The molecular formula is C26H26N4O3. The molecule has 0 aliphatic heterocycles. The van der Waals surface area contributed by atoms with Crippen LogP contribution in [0.3, 0.4) is 0 Å². The fourth-order valence-corrected chi connectivity index (χ4v) is 4.37. The monoisotopic (exact) mass is 442 g/mol. The number of carbonyl (C=O) groups is 1. The molecule has 2 aromatic heterocycles. The highest BCUT2D eigenvalue weighted by Gasteiger charge is 2.19. The standard InChI is InChI=1S/C26H26N4O3/c1-33-21-12-8-18(9-13-21)16-27-25(31)20-10-6-19(7-11-20)17-29-14-15-30-24(26(29)32)22-4-2-3-5-23(22)28-30/h6-15H,2-5,16-17H2,1H3,(H,27,31). The lowest BCUT2D eigenvalue weighted by Gasteiger charge is -2.10. The van der Waals surface area contributed by atoms with Gasteiger partial charge in [0.1, 0.15) is 11.3 Å². The largest absolute Gasteiger partial charge is 0.497 e. The molecule has 33 heavy (non-hydrogen) atoms. The molecule has 1 aliphatic rings. The molecule has 0 atom stereocenters. The molecular weight excluding hydrogens is 416 g/mol. The number of nitrogens with zero attached hydrogens (tertiary/aromatic N) is 3. The highest BCUT2D eigenvalue weighted by molar-refractivity contribution is 5.94. The Bertz CT molecular complexity index is 1350. The number of carbonyl (C=O) groups excluding carboxylic acids is 1. The summed E-state index contributed by atoms with van der Waals surface area (Å²) in [5.41, 5.74) is 5.38. The second-order valence-corrected chi connectivity index (χ2v) is 8.38. The molecule has 2 aromatic carbocycles. The number of fused-ring (bicyclic) bond motifs is 3. The molecule has 2 heterocycles. The zero-order chi connectivity index (χ0) is 22.8. The van der Waals surface area contributed by atoms with Crippen molar-refractivity contribution in [2.24, 2.45) is 0 Å². The average Bonchev–Trinajstić information content (AvgIpc) is 3.24. The molecule has 1 amide bonds. The van der Waals surface area contributed by atoms with Gasteiger partial charge >= 0.3 is 0 Å². The van der Waals surface area contributed by atoms with Crippen LogP contribution in [-0.2, 0) is 25.9 Å². The predicted octanol–water partition coefficient (Wildman–Crippen LogP) is 3.36. The summed E-state index contributed by atoms with van der Waals surface area (Å²) in [5.74, 6) is 0.647. The number of rotatable bonds is 6. The van der Waals surface area contributed by atoms with Gasteiger partial charge in [0, 0.05) is 30.1 Å². The molecule has 0 unspecified atom stereocenters. The second kappa shape index (κ2) is 8.94. The number of methoxy groups -OCH3 is 1. The van der Waals surface area contributed by atoms with Gasteiger partial charge in [0.15, 0.2) is 0 Å². The second-order valence-electron chi connectivity index (χ2n) is 8.38. The third-order valence-corrected chi connectivity index (χ3v) is 6.21. The Labute approximate surface area is 191 Å². The number of hydrogen-bond acceptors (Lipinski definition) is 4. The summed E-state index contributed by atoms with van der Waals surface area (Å²) >= 11 is 0. The first-order chi connectivity index (χ1) is 16.1. The molecule has 7 nitrogen and oxygen atoms in total. The number of amides is 1. The molecule has 0 saturated heterocycles. The van der Waals surface area contributed by atoms with E-state index in [2.05, 4.69) is 10.4 Å². The normalized spacial score (nSPS) is 13.0.